The summed E-state index contributed by atoms with van der Waals surface area (Å²) in [6, 6.07) is 9.89. The number of hydrogen-bond donors (Lipinski definition) is 2. The van der Waals surface area contributed by atoms with Gasteiger partial charge in [0.15, 0.2) is 5.82 Å². The van der Waals surface area contributed by atoms with Crippen molar-refractivity contribution >= 4 is 16.9 Å². The summed E-state index contributed by atoms with van der Waals surface area (Å²) < 4.78 is 0. The van der Waals surface area contributed by atoms with Crippen LogP contribution in [0.2, 0.25) is 0 Å². The summed E-state index contributed by atoms with van der Waals surface area (Å²) in [4.78, 5) is 12.5. The lowest BCUT2D eigenvalue weighted by atomic mass is 9.85. The van der Waals surface area contributed by atoms with Gasteiger partial charge in [-0.25, -0.2) is 9.97 Å². The second kappa shape index (κ2) is 4.58. The Bertz CT molecular complexity index is 795. The molecule has 2 aromatic heterocycles. The molecule has 0 aliphatic carbocycles. The van der Waals surface area contributed by atoms with Crippen LogP contribution in [0.1, 0.15) is 32.0 Å². The third-order valence-corrected chi connectivity index (χ3v) is 3.65. The Labute approximate surface area is 124 Å². The molecule has 0 bridgehead atoms. The molecule has 0 unspecified atom stereocenters. The van der Waals surface area contributed by atoms with Gasteiger partial charge in [-0.3, -0.25) is 0 Å². The standard InChI is InChI=1S/C17H20N4/c1-10-13(17(2,3)4)12-14(18)20-15(21-16(12)19-10)11-8-6-5-7-9-11/h5-9H,1-4H3,(H3,18,19,20,21). The second-order valence-corrected chi connectivity index (χ2v) is 6.40. The summed E-state index contributed by atoms with van der Waals surface area (Å²) in [6.45, 7) is 8.58. The predicted molar refractivity (Wildman–Crippen MR) is 87.2 cm³/mol. The van der Waals surface area contributed by atoms with Crippen molar-refractivity contribution < 1.29 is 0 Å². The SMILES string of the molecule is Cc1[nH]c2nc(-c3ccccc3)nc(N)c2c1C(C)(C)C. The van der Waals surface area contributed by atoms with Gasteiger partial charge in [0.2, 0.25) is 0 Å². The first-order chi connectivity index (χ1) is 9.88. The number of H-pyrrole nitrogens is 1. The fraction of sp³-hybridized carbons (Fsp3) is 0.294. The van der Waals surface area contributed by atoms with Gasteiger partial charge in [0.05, 0.1) is 5.39 Å². The number of aryl methyl sites for hydroxylation is 1. The number of benzene rings is 1. The Morgan fingerprint density at radius 3 is 2.33 bits per heavy atom. The van der Waals surface area contributed by atoms with Gasteiger partial charge in [-0.05, 0) is 17.9 Å². The van der Waals surface area contributed by atoms with Crippen LogP contribution in [0.5, 0.6) is 0 Å². The molecule has 4 heteroatoms. The molecule has 108 valence electrons. The van der Waals surface area contributed by atoms with Crippen molar-refractivity contribution in [1.29, 1.82) is 0 Å². The number of fused-ring (bicyclic) bond motifs is 1. The summed E-state index contributed by atoms with van der Waals surface area (Å²) in [5.41, 5.74) is 10.3. The number of rotatable bonds is 1. The summed E-state index contributed by atoms with van der Waals surface area (Å²) in [7, 11) is 0. The summed E-state index contributed by atoms with van der Waals surface area (Å²) in [5.74, 6) is 1.19. The van der Waals surface area contributed by atoms with Crippen LogP contribution in [-0.2, 0) is 5.41 Å². The van der Waals surface area contributed by atoms with E-state index in [9.17, 15) is 0 Å². The molecule has 0 amide bonds. The maximum absolute atomic E-state index is 6.23. The van der Waals surface area contributed by atoms with Gasteiger partial charge in [0, 0.05) is 11.3 Å². The number of anilines is 1. The van der Waals surface area contributed by atoms with Crippen molar-refractivity contribution in [2.75, 3.05) is 5.73 Å². The van der Waals surface area contributed by atoms with Gasteiger partial charge >= 0.3 is 0 Å². The predicted octanol–water partition coefficient (Wildman–Crippen LogP) is 3.81. The van der Waals surface area contributed by atoms with Crippen molar-refractivity contribution in [3.05, 3.63) is 41.6 Å². The first kappa shape index (κ1) is 13.6. The van der Waals surface area contributed by atoms with E-state index in [0.29, 0.717) is 11.6 Å². The molecule has 21 heavy (non-hydrogen) atoms. The summed E-state index contributed by atoms with van der Waals surface area (Å²) in [6.07, 6.45) is 0. The number of aromatic amines is 1. The van der Waals surface area contributed by atoms with E-state index < -0.39 is 0 Å². The summed E-state index contributed by atoms with van der Waals surface area (Å²) in [5, 5.41) is 0.944. The highest BCUT2D eigenvalue weighted by Crippen LogP contribution is 2.35. The molecule has 0 fully saturated rings. The molecular weight excluding hydrogens is 260 g/mol. The van der Waals surface area contributed by atoms with Crippen LogP contribution in [0.25, 0.3) is 22.4 Å². The molecule has 0 radical (unpaired) electrons. The molecule has 3 N–H and O–H groups in total. The van der Waals surface area contributed by atoms with Crippen LogP contribution in [0, 0.1) is 6.92 Å². The van der Waals surface area contributed by atoms with Gasteiger partial charge < -0.3 is 10.7 Å². The van der Waals surface area contributed by atoms with Crippen molar-refractivity contribution in [2.24, 2.45) is 0 Å². The first-order valence-electron chi connectivity index (χ1n) is 7.09. The Balaban J connectivity index is 2.28. The number of nitrogens with one attached hydrogen (secondary N) is 1. The lowest BCUT2D eigenvalue weighted by Gasteiger charge is -2.19. The van der Waals surface area contributed by atoms with Crippen LogP contribution < -0.4 is 5.73 Å². The van der Waals surface area contributed by atoms with Crippen LogP contribution in [0.3, 0.4) is 0 Å². The topological polar surface area (TPSA) is 67.6 Å². The molecule has 2 heterocycles. The monoisotopic (exact) mass is 280 g/mol. The lowest BCUT2D eigenvalue weighted by Crippen LogP contribution is -2.13. The minimum atomic E-state index is -0.00588. The highest BCUT2D eigenvalue weighted by molar-refractivity contribution is 5.92. The number of nitrogen functional groups attached to an aromatic ring is 1. The second-order valence-electron chi connectivity index (χ2n) is 6.40. The van der Waals surface area contributed by atoms with E-state index in [4.69, 9.17) is 5.73 Å². The zero-order valence-electron chi connectivity index (χ0n) is 12.9. The Morgan fingerprint density at radius 1 is 1.05 bits per heavy atom. The van der Waals surface area contributed by atoms with Gasteiger partial charge in [-0.1, -0.05) is 51.1 Å². The largest absolute Gasteiger partial charge is 0.383 e. The van der Waals surface area contributed by atoms with E-state index in [1.807, 2.05) is 30.3 Å². The fourth-order valence-corrected chi connectivity index (χ4v) is 2.90. The molecule has 0 saturated carbocycles. The van der Waals surface area contributed by atoms with Crippen LogP contribution >= 0.6 is 0 Å². The maximum Gasteiger partial charge on any atom is 0.163 e. The number of aromatic nitrogens is 3. The average molecular weight is 280 g/mol. The smallest absolute Gasteiger partial charge is 0.163 e. The van der Waals surface area contributed by atoms with Crippen molar-refractivity contribution in [3.63, 3.8) is 0 Å². The summed E-state index contributed by atoms with van der Waals surface area (Å²) >= 11 is 0. The molecule has 3 aromatic rings. The molecular formula is C17H20N4. The lowest BCUT2D eigenvalue weighted by molar-refractivity contribution is 0.591. The zero-order valence-corrected chi connectivity index (χ0v) is 12.9. The van der Waals surface area contributed by atoms with E-state index >= 15 is 0 Å². The Hall–Kier alpha value is -2.36. The highest BCUT2D eigenvalue weighted by Gasteiger charge is 2.24. The van der Waals surface area contributed by atoms with E-state index in [-0.39, 0.29) is 5.41 Å². The van der Waals surface area contributed by atoms with Crippen molar-refractivity contribution in [2.45, 2.75) is 33.1 Å². The van der Waals surface area contributed by atoms with E-state index in [1.165, 1.54) is 5.56 Å². The Kier molecular flexibility index (Phi) is 2.97. The molecule has 0 spiro atoms. The third kappa shape index (κ3) is 2.27. The number of nitrogens with two attached hydrogens (primary N) is 1. The molecule has 4 nitrogen and oxygen atoms in total. The van der Waals surface area contributed by atoms with Gasteiger partial charge in [-0.2, -0.15) is 0 Å². The molecule has 0 aliphatic heterocycles. The normalized spacial score (nSPS) is 12.0. The minimum Gasteiger partial charge on any atom is -0.383 e. The van der Waals surface area contributed by atoms with Crippen LogP contribution in [0.15, 0.2) is 30.3 Å². The first-order valence-corrected chi connectivity index (χ1v) is 7.09. The zero-order chi connectivity index (χ0) is 15.2. The van der Waals surface area contributed by atoms with Crippen molar-refractivity contribution in [3.8, 4) is 11.4 Å². The van der Waals surface area contributed by atoms with Gasteiger partial charge in [0.1, 0.15) is 11.5 Å². The molecule has 3 rings (SSSR count). The van der Waals surface area contributed by atoms with Crippen LogP contribution in [-0.4, -0.2) is 15.0 Å². The molecule has 0 atom stereocenters. The number of hydrogen-bond acceptors (Lipinski definition) is 3. The molecule has 0 saturated heterocycles. The maximum atomic E-state index is 6.23. The number of nitrogens with zero attached hydrogens (tertiary/aromatic N) is 2. The van der Waals surface area contributed by atoms with Gasteiger partial charge in [0.25, 0.3) is 0 Å². The van der Waals surface area contributed by atoms with Crippen LogP contribution in [0.4, 0.5) is 5.82 Å². The highest BCUT2D eigenvalue weighted by atomic mass is 15.0. The van der Waals surface area contributed by atoms with Gasteiger partial charge in [-0.15, -0.1) is 0 Å². The fourth-order valence-electron chi connectivity index (χ4n) is 2.90. The quantitative estimate of drug-likeness (QED) is 0.712. The van der Waals surface area contributed by atoms with E-state index in [1.54, 1.807) is 0 Å². The van der Waals surface area contributed by atoms with Crippen molar-refractivity contribution in [1.82, 2.24) is 15.0 Å². The third-order valence-electron chi connectivity index (χ3n) is 3.65. The minimum absolute atomic E-state index is 0.00588. The van der Waals surface area contributed by atoms with E-state index in [0.717, 1.165) is 22.3 Å². The average Bonchev–Trinajstić information content (AvgIpc) is 2.76. The molecule has 1 aromatic carbocycles. The van der Waals surface area contributed by atoms with E-state index in [2.05, 4.69) is 42.6 Å². The Morgan fingerprint density at radius 2 is 1.71 bits per heavy atom. The molecule has 0 aliphatic rings.